The second-order valence-corrected chi connectivity index (χ2v) is 8.75. The number of aliphatic carboxylic acids is 1. The van der Waals surface area contributed by atoms with E-state index in [1.165, 1.54) is 7.11 Å². The van der Waals surface area contributed by atoms with E-state index in [-0.39, 0.29) is 19.3 Å². The summed E-state index contributed by atoms with van der Waals surface area (Å²) in [7, 11) is 1.39. The summed E-state index contributed by atoms with van der Waals surface area (Å²) in [6, 6.07) is 16.0. The SMILES string of the molecule is COC(=O)N(CCOCCOCCOCCOCCOCCOCC(=O)O)C1c2ccccc2-c2ccccc21. The molecule has 0 unspecified atom stereocenters. The number of fused-ring (bicyclic) bond motifs is 3. The van der Waals surface area contributed by atoms with Gasteiger partial charge in [0.2, 0.25) is 0 Å². The molecular formula is C29H39NO10. The van der Waals surface area contributed by atoms with Crippen molar-refractivity contribution in [2.75, 3.05) is 92.9 Å². The van der Waals surface area contributed by atoms with E-state index in [2.05, 4.69) is 24.3 Å². The molecule has 0 atom stereocenters. The maximum atomic E-state index is 12.7. The van der Waals surface area contributed by atoms with Crippen LogP contribution in [0, 0.1) is 0 Å². The molecule has 0 fully saturated rings. The Morgan fingerprint density at radius 1 is 0.650 bits per heavy atom. The molecule has 1 N–H and O–H groups in total. The minimum absolute atomic E-state index is 0.224. The van der Waals surface area contributed by atoms with Crippen LogP contribution in [0.25, 0.3) is 11.1 Å². The van der Waals surface area contributed by atoms with Crippen LogP contribution in [0.2, 0.25) is 0 Å². The predicted molar refractivity (Wildman–Crippen MR) is 145 cm³/mol. The van der Waals surface area contributed by atoms with Gasteiger partial charge in [-0.1, -0.05) is 48.5 Å². The predicted octanol–water partition coefficient (Wildman–Crippen LogP) is 3.01. The van der Waals surface area contributed by atoms with Gasteiger partial charge in [0.25, 0.3) is 0 Å². The fourth-order valence-corrected chi connectivity index (χ4v) is 4.33. The molecule has 0 aliphatic heterocycles. The molecule has 3 rings (SSSR count). The van der Waals surface area contributed by atoms with E-state index in [9.17, 15) is 9.59 Å². The van der Waals surface area contributed by atoms with Gasteiger partial charge in [0.15, 0.2) is 0 Å². The third kappa shape index (κ3) is 10.2. The number of carboxylic acids is 1. The summed E-state index contributed by atoms with van der Waals surface area (Å²) in [4.78, 5) is 24.7. The summed E-state index contributed by atoms with van der Waals surface area (Å²) in [6.45, 7) is 4.36. The van der Waals surface area contributed by atoms with Crippen LogP contribution in [0.4, 0.5) is 4.79 Å². The molecule has 1 aliphatic carbocycles. The number of carboxylic acid groups (broad SMARTS) is 1. The van der Waals surface area contributed by atoms with Gasteiger partial charge in [-0.2, -0.15) is 0 Å². The highest BCUT2D eigenvalue weighted by atomic mass is 16.6. The maximum absolute atomic E-state index is 12.7. The van der Waals surface area contributed by atoms with Crippen LogP contribution in [-0.4, -0.2) is 115 Å². The average Bonchev–Trinajstić information content (AvgIpc) is 3.30. The first kappa shape index (κ1) is 31.5. The van der Waals surface area contributed by atoms with Crippen LogP contribution >= 0.6 is 0 Å². The lowest BCUT2D eigenvalue weighted by Gasteiger charge is -2.29. The largest absolute Gasteiger partial charge is 0.480 e. The molecule has 2 aromatic carbocycles. The van der Waals surface area contributed by atoms with E-state index in [0.29, 0.717) is 72.6 Å². The molecular weight excluding hydrogens is 522 g/mol. The van der Waals surface area contributed by atoms with Crippen molar-refractivity contribution < 1.29 is 47.9 Å². The fourth-order valence-electron chi connectivity index (χ4n) is 4.33. The van der Waals surface area contributed by atoms with Crippen molar-refractivity contribution in [1.82, 2.24) is 4.90 Å². The van der Waals surface area contributed by atoms with Crippen molar-refractivity contribution in [3.8, 4) is 11.1 Å². The lowest BCUT2D eigenvalue weighted by atomic mass is 10.0. The number of amides is 1. The summed E-state index contributed by atoms with van der Waals surface area (Å²) >= 11 is 0. The van der Waals surface area contributed by atoms with E-state index in [0.717, 1.165) is 22.3 Å². The van der Waals surface area contributed by atoms with E-state index in [1.807, 2.05) is 24.3 Å². The first-order chi connectivity index (χ1) is 19.6. The quantitative estimate of drug-likeness (QED) is 0.228. The highest BCUT2D eigenvalue weighted by molar-refractivity contribution is 5.81. The second kappa shape index (κ2) is 18.3. The third-order valence-corrected chi connectivity index (χ3v) is 6.08. The zero-order chi connectivity index (χ0) is 28.4. The van der Waals surface area contributed by atoms with Gasteiger partial charge in [-0.25, -0.2) is 9.59 Å². The fraction of sp³-hybridized carbons (Fsp3) is 0.517. The molecule has 11 heteroatoms. The van der Waals surface area contributed by atoms with E-state index >= 15 is 0 Å². The minimum Gasteiger partial charge on any atom is -0.480 e. The molecule has 2 aromatic rings. The number of carbonyl (C=O) groups excluding carboxylic acids is 1. The minimum atomic E-state index is -1.00. The summed E-state index contributed by atoms with van der Waals surface area (Å²) in [5, 5.41) is 8.44. The third-order valence-electron chi connectivity index (χ3n) is 6.08. The van der Waals surface area contributed by atoms with Gasteiger partial charge in [-0.05, 0) is 22.3 Å². The molecule has 40 heavy (non-hydrogen) atoms. The van der Waals surface area contributed by atoms with E-state index in [1.54, 1.807) is 4.90 Å². The highest BCUT2D eigenvalue weighted by Gasteiger charge is 2.35. The molecule has 0 saturated carbocycles. The van der Waals surface area contributed by atoms with E-state index in [4.69, 9.17) is 38.3 Å². The van der Waals surface area contributed by atoms with E-state index < -0.39 is 12.1 Å². The summed E-state index contributed by atoms with van der Waals surface area (Å²) < 4.78 is 37.3. The van der Waals surface area contributed by atoms with Crippen molar-refractivity contribution in [1.29, 1.82) is 0 Å². The Bertz CT molecular complexity index is 988. The normalized spacial score (nSPS) is 12.2. The van der Waals surface area contributed by atoms with Gasteiger partial charge in [0, 0.05) is 6.54 Å². The van der Waals surface area contributed by atoms with Crippen molar-refractivity contribution in [2.45, 2.75) is 6.04 Å². The molecule has 1 aliphatic rings. The Morgan fingerprint density at radius 2 is 1.05 bits per heavy atom. The lowest BCUT2D eigenvalue weighted by Crippen LogP contribution is -2.37. The second-order valence-electron chi connectivity index (χ2n) is 8.75. The van der Waals surface area contributed by atoms with Crippen LogP contribution in [0.1, 0.15) is 17.2 Å². The Hall–Kier alpha value is -3.06. The number of benzene rings is 2. The van der Waals surface area contributed by atoms with Crippen LogP contribution in [0.15, 0.2) is 48.5 Å². The first-order valence-electron chi connectivity index (χ1n) is 13.3. The van der Waals surface area contributed by atoms with Crippen molar-refractivity contribution in [3.63, 3.8) is 0 Å². The van der Waals surface area contributed by atoms with Gasteiger partial charge in [0.05, 0.1) is 85.8 Å². The summed E-state index contributed by atoms with van der Waals surface area (Å²) in [5.41, 5.74) is 4.42. The molecule has 0 aromatic heterocycles. The lowest BCUT2D eigenvalue weighted by molar-refractivity contribution is -0.142. The van der Waals surface area contributed by atoms with Crippen LogP contribution in [0.5, 0.6) is 0 Å². The first-order valence-corrected chi connectivity index (χ1v) is 13.3. The number of rotatable bonds is 21. The Morgan fingerprint density at radius 3 is 1.48 bits per heavy atom. The molecule has 0 spiro atoms. The molecule has 0 radical (unpaired) electrons. The monoisotopic (exact) mass is 561 g/mol. The Kier molecular flexibility index (Phi) is 14.4. The maximum Gasteiger partial charge on any atom is 0.410 e. The van der Waals surface area contributed by atoms with Gasteiger partial charge < -0.3 is 38.3 Å². The number of methoxy groups -OCH3 is 1. The molecule has 0 bridgehead atoms. The topological polar surface area (TPSA) is 122 Å². The number of carbonyl (C=O) groups is 2. The Balaban J connectivity index is 1.22. The molecule has 0 saturated heterocycles. The Labute approximate surface area is 234 Å². The smallest absolute Gasteiger partial charge is 0.410 e. The number of hydrogen-bond donors (Lipinski definition) is 1. The van der Waals surface area contributed by atoms with Gasteiger partial charge in [0.1, 0.15) is 6.61 Å². The van der Waals surface area contributed by atoms with Crippen LogP contribution < -0.4 is 0 Å². The van der Waals surface area contributed by atoms with Crippen molar-refractivity contribution in [3.05, 3.63) is 59.7 Å². The summed E-state index contributed by atoms with van der Waals surface area (Å²) in [5.74, 6) is -1.00. The van der Waals surface area contributed by atoms with Gasteiger partial charge in [-0.3, -0.25) is 4.90 Å². The number of hydrogen-bond acceptors (Lipinski definition) is 9. The van der Waals surface area contributed by atoms with Gasteiger partial charge in [-0.15, -0.1) is 0 Å². The van der Waals surface area contributed by atoms with Crippen molar-refractivity contribution in [2.24, 2.45) is 0 Å². The average molecular weight is 562 g/mol. The standard InChI is InChI=1S/C29H39NO10/c1-34-29(33)30(28-25-8-4-2-6-23(25)24-7-3-5-9-26(24)28)10-11-35-12-13-36-14-15-37-16-17-38-18-19-39-20-21-40-22-27(31)32/h2-9,28H,10-22H2,1H3,(H,31,32). The molecule has 11 nitrogen and oxygen atoms in total. The van der Waals surface area contributed by atoms with Gasteiger partial charge >= 0.3 is 12.1 Å². The zero-order valence-electron chi connectivity index (χ0n) is 23.0. The summed E-state index contributed by atoms with van der Waals surface area (Å²) in [6.07, 6.45) is -0.396. The number of nitrogens with zero attached hydrogens (tertiary/aromatic N) is 1. The van der Waals surface area contributed by atoms with Crippen LogP contribution in [0.3, 0.4) is 0 Å². The highest BCUT2D eigenvalue weighted by Crippen LogP contribution is 2.46. The number of ether oxygens (including phenoxy) is 7. The molecule has 220 valence electrons. The zero-order valence-corrected chi connectivity index (χ0v) is 23.0. The molecule has 0 heterocycles. The molecule has 1 amide bonds. The van der Waals surface area contributed by atoms with Crippen LogP contribution in [-0.2, 0) is 38.0 Å². The van der Waals surface area contributed by atoms with Crippen molar-refractivity contribution >= 4 is 12.1 Å².